The number of aromatic nitrogens is 2. The molecule has 0 atom stereocenters. The molecule has 7 heteroatoms. The Hall–Kier alpha value is -3.53. The van der Waals surface area contributed by atoms with Crippen molar-refractivity contribution in [3.63, 3.8) is 0 Å². The third-order valence-electron chi connectivity index (χ3n) is 5.01. The monoisotopic (exact) mass is 375 g/mol. The Labute approximate surface area is 161 Å². The number of nitrogens with zero attached hydrogens (tertiary/aromatic N) is 5. The van der Waals surface area contributed by atoms with Crippen molar-refractivity contribution in [3.05, 3.63) is 65.4 Å². The number of fused-ring (bicyclic) bond motifs is 1. The summed E-state index contributed by atoms with van der Waals surface area (Å²) in [5.41, 5.74) is 3.06. The van der Waals surface area contributed by atoms with E-state index in [0.717, 1.165) is 5.56 Å². The molecule has 2 aromatic heterocycles. The number of pyridine rings is 2. The van der Waals surface area contributed by atoms with Crippen LogP contribution < -0.4 is 4.90 Å². The van der Waals surface area contributed by atoms with Crippen LogP contribution in [0.25, 0.3) is 10.9 Å². The number of hydrogen-bond donors (Lipinski definition) is 0. The van der Waals surface area contributed by atoms with Crippen LogP contribution in [0.1, 0.15) is 21.5 Å². The third-order valence-corrected chi connectivity index (χ3v) is 5.01. The molecular weight excluding hydrogens is 357 g/mol. The highest BCUT2D eigenvalue weighted by atomic mass is 19.1. The first kappa shape index (κ1) is 17.9. The van der Waals surface area contributed by atoms with Gasteiger partial charge in [-0.05, 0) is 36.8 Å². The molecule has 1 aromatic carbocycles. The molecule has 0 radical (unpaired) electrons. The predicted molar refractivity (Wildman–Crippen MR) is 104 cm³/mol. The van der Waals surface area contributed by atoms with E-state index in [1.54, 1.807) is 36.4 Å². The van der Waals surface area contributed by atoms with Crippen molar-refractivity contribution in [1.29, 1.82) is 5.26 Å². The molecule has 0 aliphatic carbocycles. The average molecular weight is 375 g/mol. The Bertz CT molecular complexity index is 1090. The highest BCUT2D eigenvalue weighted by Crippen LogP contribution is 2.32. The van der Waals surface area contributed by atoms with Crippen molar-refractivity contribution >= 4 is 22.5 Å². The number of rotatable bonds is 2. The number of hydrogen-bond acceptors (Lipinski definition) is 5. The molecule has 28 heavy (non-hydrogen) atoms. The van der Waals surface area contributed by atoms with Crippen LogP contribution in [0.2, 0.25) is 0 Å². The van der Waals surface area contributed by atoms with E-state index in [1.165, 1.54) is 18.3 Å². The van der Waals surface area contributed by atoms with Crippen LogP contribution in [0.5, 0.6) is 0 Å². The van der Waals surface area contributed by atoms with Gasteiger partial charge in [0.05, 0.1) is 22.3 Å². The summed E-state index contributed by atoms with van der Waals surface area (Å²) in [5.74, 6) is -0.414. The van der Waals surface area contributed by atoms with Gasteiger partial charge in [0, 0.05) is 50.2 Å². The van der Waals surface area contributed by atoms with Gasteiger partial charge in [0.15, 0.2) is 0 Å². The number of anilines is 1. The molecule has 0 spiro atoms. The molecule has 1 saturated heterocycles. The fourth-order valence-corrected chi connectivity index (χ4v) is 3.65. The Balaban J connectivity index is 1.64. The van der Waals surface area contributed by atoms with Gasteiger partial charge in [-0.15, -0.1) is 0 Å². The van der Waals surface area contributed by atoms with Crippen molar-refractivity contribution < 1.29 is 9.18 Å². The van der Waals surface area contributed by atoms with Crippen LogP contribution in [-0.2, 0) is 0 Å². The Morgan fingerprint density at radius 1 is 1.21 bits per heavy atom. The first-order chi connectivity index (χ1) is 13.6. The maximum absolute atomic E-state index is 14.0. The van der Waals surface area contributed by atoms with Gasteiger partial charge in [-0.1, -0.05) is 0 Å². The molecule has 0 unspecified atom stereocenters. The molecule has 1 aliphatic rings. The van der Waals surface area contributed by atoms with Gasteiger partial charge in [0.1, 0.15) is 11.9 Å². The van der Waals surface area contributed by atoms with E-state index in [2.05, 4.69) is 16.0 Å². The molecule has 140 valence electrons. The van der Waals surface area contributed by atoms with Crippen molar-refractivity contribution in [2.75, 3.05) is 31.1 Å². The van der Waals surface area contributed by atoms with E-state index in [4.69, 9.17) is 0 Å². The van der Waals surface area contributed by atoms with Gasteiger partial charge < -0.3 is 9.80 Å². The van der Waals surface area contributed by atoms with Gasteiger partial charge in [-0.25, -0.2) is 4.39 Å². The summed E-state index contributed by atoms with van der Waals surface area (Å²) in [6, 6.07) is 8.52. The number of carbonyl (C=O) groups is 1. The molecular formula is C21H18FN5O. The summed E-state index contributed by atoms with van der Waals surface area (Å²) in [5, 5.41) is 10.2. The minimum Gasteiger partial charge on any atom is -0.366 e. The maximum atomic E-state index is 14.0. The second-order valence-corrected chi connectivity index (χ2v) is 6.77. The topological polar surface area (TPSA) is 73.1 Å². The van der Waals surface area contributed by atoms with Gasteiger partial charge >= 0.3 is 0 Å². The fourth-order valence-electron chi connectivity index (χ4n) is 3.65. The second-order valence-electron chi connectivity index (χ2n) is 6.77. The zero-order chi connectivity index (χ0) is 19.7. The SMILES string of the molecule is Cc1cc(F)cc2c(N3CCN(C(=O)c4cccnc4)CC3)c(C#N)cnc12. The van der Waals surface area contributed by atoms with E-state index >= 15 is 0 Å². The first-order valence-electron chi connectivity index (χ1n) is 9.01. The van der Waals surface area contributed by atoms with Gasteiger partial charge in [-0.2, -0.15) is 5.26 Å². The minimum absolute atomic E-state index is 0.0604. The molecule has 3 heterocycles. The van der Waals surface area contributed by atoms with E-state index in [-0.39, 0.29) is 11.7 Å². The number of amides is 1. The molecule has 6 nitrogen and oxygen atoms in total. The lowest BCUT2D eigenvalue weighted by Gasteiger charge is -2.37. The number of benzene rings is 1. The lowest BCUT2D eigenvalue weighted by molar-refractivity contribution is 0.0746. The average Bonchev–Trinajstić information content (AvgIpc) is 2.73. The second kappa shape index (κ2) is 7.24. The predicted octanol–water partition coefficient (Wildman–Crippen LogP) is 2.91. The van der Waals surface area contributed by atoms with Crippen molar-refractivity contribution in [2.45, 2.75) is 6.92 Å². The summed E-state index contributed by atoms with van der Waals surface area (Å²) in [4.78, 5) is 24.8. The quantitative estimate of drug-likeness (QED) is 0.689. The summed E-state index contributed by atoms with van der Waals surface area (Å²) >= 11 is 0. The lowest BCUT2D eigenvalue weighted by Crippen LogP contribution is -2.49. The van der Waals surface area contributed by atoms with Crippen LogP contribution in [0, 0.1) is 24.1 Å². The van der Waals surface area contributed by atoms with Gasteiger partial charge in [0.2, 0.25) is 0 Å². The van der Waals surface area contributed by atoms with Crippen molar-refractivity contribution in [1.82, 2.24) is 14.9 Å². The summed E-state index contributed by atoms with van der Waals surface area (Å²) in [7, 11) is 0. The number of nitriles is 1. The highest BCUT2D eigenvalue weighted by Gasteiger charge is 2.25. The molecule has 1 aliphatic heterocycles. The van der Waals surface area contributed by atoms with Crippen LogP contribution >= 0.6 is 0 Å². The van der Waals surface area contributed by atoms with Gasteiger partial charge in [-0.3, -0.25) is 14.8 Å². The number of halogens is 1. The molecule has 0 bridgehead atoms. The number of aryl methyl sites for hydroxylation is 1. The molecule has 3 aromatic rings. The molecule has 4 rings (SSSR count). The minimum atomic E-state index is -0.353. The summed E-state index contributed by atoms with van der Waals surface area (Å²) < 4.78 is 14.0. The molecule has 0 saturated carbocycles. The molecule has 1 fully saturated rings. The van der Waals surface area contributed by atoms with Crippen molar-refractivity contribution in [3.8, 4) is 6.07 Å². The van der Waals surface area contributed by atoms with E-state index < -0.39 is 0 Å². The third kappa shape index (κ3) is 3.14. The van der Waals surface area contributed by atoms with E-state index in [1.807, 2.05) is 4.90 Å². The van der Waals surface area contributed by atoms with Crippen LogP contribution in [0.3, 0.4) is 0 Å². The summed E-state index contributed by atoms with van der Waals surface area (Å²) in [6.07, 6.45) is 4.73. The Kier molecular flexibility index (Phi) is 4.62. The molecule has 0 N–H and O–H groups in total. The molecule has 1 amide bonds. The van der Waals surface area contributed by atoms with Gasteiger partial charge in [0.25, 0.3) is 5.91 Å². The smallest absolute Gasteiger partial charge is 0.255 e. The number of piperazine rings is 1. The summed E-state index contributed by atoms with van der Waals surface area (Å²) in [6.45, 7) is 3.93. The zero-order valence-corrected chi connectivity index (χ0v) is 15.4. The van der Waals surface area contributed by atoms with Crippen LogP contribution in [-0.4, -0.2) is 47.0 Å². The normalized spacial score (nSPS) is 14.2. The number of carbonyl (C=O) groups excluding carboxylic acids is 1. The zero-order valence-electron chi connectivity index (χ0n) is 15.4. The van der Waals surface area contributed by atoms with E-state index in [0.29, 0.717) is 53.9 Å². The Morgan fingerprint density at radius 3 is 2.68 bits per heavy atom. The maximum Gasteiger partial charge on any atom is 0.255 e. The largest absolute Gasteiger partial charge is 0.366 e. The van der Waals surface area contributed by atoms with Crippen LogP contribution in [0.4, 0.5) is 10.1 Å². The van der Waals surface area contributed by atoms with Crippen LogP contribution in [0.15, 0.2) is 42.9 Å². The Morgan fingerprint density at radius 2 is 2.00 bits per heavy atom. The van der Waals surface area contributed by atoms with E-state index in [9.17, 15) is 14.4 Å². The first-order valence-corrected chi connectivity index (χ1v) is 9.01. The standard InChI is InChI=1S/C21H18FN5O/c1-14-9-17(22)10-18-19(14)25-13-16(11-23)20(18)26-5-7-27(8-6-26)21(28)15-3-2-4-24-12-15/h2-4,9-10,12-13H,5-8H2,1H3. The highest BCUT2D eigenvalue weighted by molar-refractivity contribution is 5.97. The van der Waals surface area contributed by atoms with Crippen molar-refractivity contribution in [2.24, 2.45) is 0 Å². The fraction of sp³-hybridized carbons (Fsp3) is 0.238. The lowest BCUT2D eigenvalue weighted by atomic mass is 10.0.